The third kappa shape index (κ3) is 7.63. The van der Waals surface area contributed by atoms with Crippen LogP contribution in [0.3, 0.4) is 0 Å². The number of guanidine groups is 1. The number of halogens is 1. The van der Waals surface area contributed by atoms with E-state index in [1.807, 2.05) is 12.1 Å². The van der Waals surface area contributed by atoms with Gasteiger partial charge in [0.1, 0.15) is 0 Å². The number of ether oxygens (including phenoxy) is 2. The molecule has 0 aromatic carbocycles. The first-order chi connectivity index (χ1) is 11.3. The molecule has 1 aromatic heterocycles. The number of methoxy groups -OCH3 is 1. The van der Waals surface area contributed by atoms with Crippen molar-refractivity contribution < 1.29 is 9.47 Å². The summed E-state index contributed by atoms with van der Waals surface area (Å²) >= 11 is 0. The smallest absolute Gasteiger partial charge is 0.212 e. The number of hydrogen-bond acceptors (Lipinski definition) is 5. The maximum atomic E-state index is 5.36. The predicted molar refractivity (Wildman–Crippen MR) is 106 cm³/mol. The number of rotatable bonds is 7. The third-order valence-corrected chi connectivity index (χ3v) is 3.59. The largest absolute Gasteiger partial charge is 0.481 e. The van der Waals surface area contributed by atoms with E-state index in [4.69, 9.17) is 9.47 Å². The maximum Gasteiger partial charge on any atom is 0.212 e. The first-order valence-electron chi connectivity index (χ1n) is 8.13. The summed E-state index contributed by atoms with van der Waals surface area (Å²) in [6.07, 6.45) is 1.79. The second kappa shape index (κ2) is 12.3. The third-order valence-electron chi connectivity index (χ3n) is 3.59. The van der Waals surface area contributed by atoms with Gasteiger partial charge in [0.25, 0.3) is 0 Å². The van der Waals surface area contributed by atoms with E-state index in [1.165, 1.54) is 0 Å². The molecule has 136 valence electrons. The van der Waals surface area contributed by atoms with Gasteiger partial charge in [-0.3, -0.25) is 4.90 Å². The lowest BCUT2D eigenvalue weighted by Crippen LogP contribution is -2.44. The van der Waals surface area contributed by atoms with Crippen LogP contribution in [0.25, 0.3) is 0 Å². The molecule has 24 heavy (non-hydrogen) atoms. The van der Waals surface area contributed by atoms with Gasteiger partial charge in [-0.25, -0.2) is 9.98 Å². The van der Waals surface area contributed by atoms with Crippen LogP contribution in [0.1, 0.15) is 12.5 Å². The van der Waals surface area contributed by atoms with Gasteiger partial charge in [-0.05, 0) is 12.5 Å². The lowest BCUT2D eigenvalue weighted by Gasteiger charge is -2.26. The lowest BCUT2D eigenvalue weighted by atomic mass is 10.3. The van der Waals surface area contributed by atoms with Gasteiger partial charge in [-0.15, -0.1) is 24.0 Å². The molecule has 0 aliphatic carbocycles. The van der Waals surface area contributed by atoms with Crippen LogP contribution in [0.4, 0.5) is 0 Å². The average Bonchev–Trinajstić information content (AvgIpc) is 2.61. The van der Waals surface area contributed by atoms with Crippen molar-refractivity contribution in [3.05, 3.63) is 23.9 Å². The monoisotopic (exact) mass is 449 g/mol. The maximum absolute atomic E-state index is 5.36. The Morgan fingerprint density at radius 1 is 1.33 bits per heavy atom. The van der Waals surface area contributed by atoms with Crippen LogP contribution >= 0.6 is 24.0 Å². The van der Waals surface area contributed by atoms with Crippen molar-refractivity contribution in [3.8, 4) is 5.88 Å². The molecular weight excluding hydrogens is 421 g/mol. The summed E-state index contributed by atoms with van der Waals surface area (Å²) in [4.78, 5) is 11.2. The highest BCUT2D eigenvalue weighted by Crippen LogP contribution is 2.07. The summed E-state index contributed by atoms with van der Waals surface area (Å²) in [6, 6.07) is 3.83. The van der Waals surface area contributed by atoms with Gasteiger partial charge < -0.3 is 20.1 Å². The Kier molecular flexibility index (Phi) is 10.7. The minimum Gasteiger partial charge on any atom is -0.481 e. The zero-order valence-corrected chi connectivity index (χ0v) is 16.8. The van der Waals surface area contributed by atoms with Crippen LogP contribution in [0.15, 0.2) is 23.3 Å². The summed E-state index contributed by atoms with van der Waals surface area (Å²) < 4.78 is 10.4. The molecule has 2 rings (SSSR count). The quantitative estimate of drug-likeness (QED) is 0.369. The van der Waals surface area contributed by atoms with Crippen LogP contribution < -0.4 is 15.4 Å². The first kappa shape index (κ1) is 20.9. The lowest BCUT2D eigenvalue weighted by molar-refractivity contribution is 0.0389. The molecule has 2 heterocycles. The number of aliphatic imine (C=N–C) groups is 1. The van der Waals surface area contributed by atoms with Gasteiger partial charge >= 0.3 is 0 Å². The van der Waals surface area contributed by atoms with Gasteiger partial charge in [0.05, 0.1) is 26.9 Å². The van der Waals surface area contributed by atoms with Crippen molar-refractivity contribution in [2.45, 2.75) is 13.5 Å². The van der Waals surface area contributed by atoms with Crippen LogP contribution in [0.2, 0.25) is 0 Å². The van der Waals surface area contributed by atoms with Gasteiger partial charge in [0.2, 0.25) is 5.88 Å². The molecule has 0 radical (unpaired) electrons. The molecular formula is C16H28IN5O2. The number of nitrogens with zero attached hydrogens (tertiary/aromatic N) is 3. The van der Waals surface area contributed by atoms with E-state index >= 15 is 0 Å². The topological polar surface area (TPSA) is 71.0 Å². The van der Waals surface area contributed by atoms with Crippen LogP contribution in [0.5, 0.6) is 5.88 Å². The van der Waals surface area contributed by atoms with Gasteiger partial charge in [-0.1, -0.05) is 6.07 Å². The molecule has 0 bridgehead atoms. The second-order valence-electron chi connectivity index (χ2n) is 5.28. The summed E-state index contributed by atoms with van der Waals surface area (Å²) in [7, 11) is 1.61. The highest BCUT2D eigenvalue weighted by molar-refractivity contribution is 14.0. The molecule has 1 fully saturated rings. The van der Waals surface area contributed by atoms with E-state index in [0.29, 0.717) is 12.4 Å². The van der Waals surface area contributed by atoms with E-state index in [2.05, 4.69) is 32.4 Å². The van der Waals surface area contributed by atoms with Gasteiger partial charge in [-0.2, -0.15) is 0 Å². The Morgan fingerprint density at radius 3 is 2.75 bits per heavy atom. The number of nitrogens with one attached hydrogen (secondary N) is 2. The molecule has 0 unspecified atom stereocenters. The second-order valence-corrected chi connectivity index (χ2v) is 5.28. The van der Waals surface area contributed by atoms with Crippen LogP contribution in [0, 0.1) is 0 Å². The zero-order chi connectivity index (χ0) is 16.3. The number of hydrogen-bond donors (Lipinski definition) is 2. The highest BCUT2D eigenvalue weighted by Gasteiger charge is 2.09. The number of pyridine rings is 1. The van der Waals surface area contributed by atoms with Crippen LogP contribution in [-0.2, 0) is 11.3 Å². The van der Waals surface area contributed by atoms with Gasteiger partial charge in [0, 0.05) is 45.0 Å². The predicted octanol–water partition coefficient (Wildman–Crippen LogP) is 1.10. The molecule has 0 atom stereocenters. The molecule has 0 saturated carbocycles. The Balaban J connectivity index is 0.00000288. The van der Waals surface area contributed by atoms with E-state index in [0.717, 1.165) is 57.5 Å². The highest BCUT2D eigenvalue weighted by atomic mass is 127. The number of aromatic nitrogens is 1. The molecule has 2 N–H and O–H groups in total. The fraction of sp³-hybridized carbons (Fsp3) is 0.625. The van der Waals surface area contributed by atoms with E-state index < -0.39 is 0 Å². The molecule has 0 amide bonds. The van der Waals surface area contributed by atoms with Crippen LogP contribution in [-0.4, -0.2) is 68.9 Å². The summed E-state index contributed by atoms with van der Waals surface area (Å²) in [5.74, 6) is 1.45. The standard InChI is InChI=1S/C16H27N5O2.HI/c1-3-17-16(18-6-7-21-8-10-23-11-9-21)20-13-14-4-5-15(22-2)19-12-14;/h4-5,12H,3,6-11,13H2,1-2H3,(H2,17,18,20);1H. The fourth-order valence-corrected chi connectivity index (χ4v) is 2.29. The summed E-state index contributed by atoms with van der Waals surface area (Å²) in [5, 5.41) is 6.64. The van der Waals surface area contributed by atoms with Crippen molar-refractivity contribution in [2.75, 3.05) is 53.0 Å². The molecule has 7 nitrogen and oxygen atoms in total. The molecule has 8 heteroatoms. The molecule has 1 aliphatic heterocycles. The Bertz CT molecular complexity index is 478. The van der Waals surface area contributed by atoms with Crippen molar-refractivity contribution in [3.63, 3.8) is 0 Å². The minimum absolute atomic E-state index is 0. The number of morpholine rings is 1. The zero-order valence-electron chi connectivity index (χ0n) is 14.5. The molecule has 1 aliphatic rings. The minimum atomic E-state index is 0. The molecule has 1 aromatic rings. The van der Waals surface area contributed by atoms with Gasteiger partial charge in [0.15, 0.2) is 5.96 Å². The fourth-order valence-electron chi connectivity index (χ4n) is 2.29. The van der Waals surface area contributed by atoms with Crippen molar-refractivity contribution in [1.82, 2.24) is 20.5 Å². The molecule has 1 saturated heterocycles. The SMILES string of the molecule is CCNC(=NCc1ccc(OC)nc1)NCCN1CCOCC1.I. The summed E-state index contributed by atoms with van der Waals surface area (Å²) in [5.41, 5.74) is 1.05. The average molecular weight is 449 g/mol. The van der Waals surface area contributed by atoms with Crippen molar-refractivity contribution in [2.24, 2.45) is 4.99 Å². The Morgan fingerprint density at radius 2 is 2.12 bits per heavy atom. The van der Waals surface area contributed by atoms with E-state index in [1.54, 1.807) is 13.3 Å². The Hall–Kier alpha value is -1.13. The van der Waals surface area contributed by atoms with E-state index in [-0.39, 0.29) is 24.0 Å². The Labute approximate surface area is 161 Å². The summed E-state index contributed by atoms with van der Waals surface area (Å²) in [6.45, 7) is 9.03. The van der Waals surface area contributed by atoms with Crippen molar-refractivity contribution in [1.29, 1.82) is 0 Å². The first-order valence-corrected chi connectivity index (χ1v) is 8.13. The normalized spacial score (nSPS) is 15.5. The molecule has 0 spiro atoms. The van der Waals surface area contributed by atoms with E-state index in [9.17, 15) is 0 Å². The van der Waals surface area contributed by atoms with Crippen molar-refractivity contribution >= 4 is 29.9 Å².